The van der Waals surface area contributed by atoms with Gasteiger partial charge in [0.1, 0.15) is 0 Å². The molecule has 1 aromatic heterocycles. The van der Waals surface area contributed by atoms with Gasteiger partial charge in [0.05, 0.1) is 59.6 Å². The van der Waals surface area contributed by atoms with Crippen molar-refractivity contribution in [1.82, 2.24) is 14.8 Å². The quantitative estimate of drug-likeness (QED) is 0.252. The van der Waals surface area contributed by atoms with E-state index in [1.807, 2.05) is 29.2 Å². The zero-order chi connectivity index (χ0) is 33.2. The van der Waals surface area contributed by atoms with Crippen LogP contribution in [0.3, 0.4) is 0 Å². The van der Waals surface area contributed by atoms with E-state index in [2.05, 4.69) is 29.0 Å². The Morgan fingerprint density at radius 1 is 1.02 bits per heavy atom. The largest absolute Gasteiger partial charge is 0.481 e. The first-order valence-electron chi connectivity index (χ1n) is 16.4. The molecule has 1 saturated carbocycles. The number of para-hydroxylation sites is 1. The second-order valence-electron chi connectivity index (χ2n) is 13.2. The van der Waals surface area contributed by atoms with Gasteiger partial charge in [-0.1, -0.05) is 41.4 Å². The second-order valence-corrected chi connectivity index (χ2v) is 14.1. The highest BCUT2D eigenvalue weighted by molar-refractivity contribution is 6.36. The van der Waals surface area contributed by atoms with E-state index in [1.165, 1.54) is 0 Å². The molecule has 47 heavy (non-hydrogen) atoms. The van der Waals surface area contributed by atoms with Crippen LogP contribution in [0, 0.1) is 5.92 Å². The third-order valence-electron chi connectivity index (χ3n) is 9.78. The fourth-order valence-electron chi connectivity index (χ4n) is 7.39. The SMILES string of the molecule is C[C@@H]1CN([C@H]2C[C@@H](COC3CCC(C(=O)O)CC3)N(C(=O)Cc3cc(Cl)c(NC(=O)c4c[nH]c5ccccc45)cc3Cl)C2)C[C@H](C)O1. The summed E-state index contributed by atoms with van der Waals surface area (Å²) in [5.41, 5.74) is 2.29. The summed E-state index contributed by atoms with van der Waals surface area (Å²) >= 11 is 13.3. The number of aromatic nitrogens is 1. The summed E-state index contributed by atoms with van der Waals surface area (Å²) in [6.45, 7) is 6.73. The lowest BCUT2D eigenvalue weighted by Gasteiger charge is -2.38. The number of anilines is 1. The maximum atomic E-state index is 13.9. The van der Waals surface area contributed by atoms with E-state index in [0.717, 1.165) is 30.4 Å². The van der Waals surface area contributed by atoms with Crippen LogP contribution < -0.4 is 5.32 Å². The summed E-state index contributed by atoms with van der Waals surface area (Å²) in [6, 6.07) is 10.8. The summed E-state index contributed by atoms with van der Waals surface area (Å²) in [5, 5.41) is 13.6. The van der Waals surface area contributed by atoms with Gasteiger partial charge >= 0.3 is 5.97 Å². The summed E-state index contributed by atoms with van der Waals surface area (Å²) in [7, 11) is 0. The molecular weight excluding hydrogens is 643 g/mol. The van der Waals surface area contributed by atoms with Crippen molar-refractivity contribution in [2.75, 3.05) is 31.6 Å². The topological polar surface area (TPSA) is 124 Å². The predicted octanol–water partition coefficient (Wildman–Crippen LogP) is 6.01. The molecule has 252 valence electrons. The molecule has 3 N–H and O–H groups in total. The number of hydrogen-bond acceptors (Lipinski definition) is 6. The molecule has 2 aromatic carbocycles. The van der Waals surface area contributed by atoms with E-state index in [4.69, 9.17) is 32.7 Å². The van der Waals surface area contributed by atoms with Gasteiger partial charge in [0.25, 0.3) is 5.91 Å². The molecule has 3 fully saturated rings. The van der Waals surface area contributed by atoms with Crippen LogP contribution in [0.25, 0.3) is 10.9 Å². The van der Waals surface area contributed by atoms with Gasteiger partial charge in [0.15, 0.2) is 0 Å². The number of rotatable bonds is 9. The number of morpholine rings is 1. The number of carbonyl (C=O) groups is 3. The summed E-state index contributed by atoms with van der Waals surface area (Å²) in [5.74, 6) is -1.44. The zero-order valence-electron chi connectivity index (χ0n) is 26.7. The number of carboxylic acids is 1. The van der Waals surface area contributed by atoms with Crippen LogP contribution in [0.4, 0.5) is 5.69 Å². The second kappa shape index (κ2) is 14.5. The Kier molecular flexibility index (Phi) is 10.4. The normalized spacial score (nSPS) is 26.9. The molecule has 3 aromatic rings. The molecule has 2 amide bonds. The Hall–Kier alpha value is -3.15. The Morgan fingerprint density at radius 3 is 2.47 bits per heavy atom. The highest BCUT2D eigenvalue weighted by Gasteiger charge is 2.40. The van der Waals surface area contributed by atoms with Gasteiger partial charge in [-0.3, -0.25) is 19.3 Å². The Labute approximate surface area is 284 Å². The highest BCUT2D eigenvalue weighted by atomic mass is 35.5. The van der Waals surface area contributed by atoms with Gasteiger partial charge in [0.2, 0.25) is 5.91 Å². The third kappa shape index (κ3) is 7.78. The van der Waals surface area contributed by atoms with Crippen molar-refractivity contribution in [3.05, 3.63) is 63.8 Å². The van der Waals surface area contributed by atoms with Crippen LogP contribution in [0.5, 0.6) is 0 Å². The molecule has 2 aliphatic heterocycles. The number of carbonyl (C=O) groups excluding carboxylic acids is 2. The molecule has 0 unspecified atom stereocenters. The number of ether oxygens (including phenoxy) is 2. The van der Waals surface area contributed by atoms with E-state index >= 15 is 0 Å². The van der Waals surface area contributed by atoms with Crippen molar-refractivity contribution >= 4 is 57.6 Å². The van der Waals surface area contributed by atoms with Crippen molar-refractivity contribution in [2.45, 2.75) is 82.8 Å². The average Bonchev–Trinajstić information content (AvgIpc) is 3.67. The maximum Gasteiger partial charge on any atom is 0.306 e. The number of hydrogen-bond donors (Lipinski definition) is 3. The van der Waals surface area contributed by atoms with Crippen molar-refractivity contribution in [2.24, 2.45) is 5.92 Å². The molecular formula is C35H42Cl2N4O6. The van der Waals surface area contributed by atoms with E-state index in [-0.39, 0.29) is 59.6 Å². The molecule has 6 rings (SSSR count). The number of carboxylic acid groups (broad SMARTS) is 1. The van der Waals surface area contributed by atoms with E-state index < -0.39 is 5.97 Å². The van der Waals surface area contributed by atoms with Crippen LogP contribution in [-0.4, -0.2) is 94.3 Å². The average molecular weight is 686 g/mol. The van der Waals surface area contributed by atoms with Crippen LogP contribution in [0.1, 0.15) is 61.9 Å². The number of aromatic amines is 1. The minimum Gasteiger partial charge on any atom is -0.481 e. The molecule has 1 aliphatic carbocycles. The van der Waals surface area contributed by atoms with Crippen molar-refractivity contribution in [3.8, 4) is 0 Å². The third-order valence-corrected chi connectivity index (χ3v) is 10.4. The first-order chi connectivity index (χ1) is 22.5. The van der Waals surface area contributed by atoms with Crippen molar-refractivity contribution < 1.29 is 29.0 Å². The number of H-pyrrole nitrogens is 1. The molecule has 2 saturated heterocycles. The van der Waals surface area contributed by atoms with Crippen LogP contribution >= 0.6 is 23.2 Å². The number of benzene rings is 2. The molecule has 4 atom stereocenters. The maximum absolute atomic E-state index is 13.9. The number of aliphatic carboxylic acids is 1. The smallest absolute Gasteiger partial charge is 0.306 e. The first-order valence-corrected chi connectivity index (χ1v) is 17.2. The summed E-state index contributed by atoms with van der Waals surface area (Å²) < 4.78 is 12.3. The number of halogens is 2. The van der Waals surface area contributed by atoms with Crippen LogP contribution in [0.2, 0.25) is 10.0 Å². The van der Waals surface area contributed by atoms with E-state index in [9.17, 15) is 19.5 Å². The lowest BCUT2D eigenvalue weighted by atomic mass is 9.87. The summed E-state index contributed by atoms with van der Waals surface area (Å²) in [4.78, 5) is 45.9. The van der Waals surface area contributed by atoms with Crippen molar-refractivity contribution in [1.29, 1.82) is 0 Å². The highest BCUT2D eigenvalue weighted by Crippen LogP contribution is 2.33. The molecule has 12 heteroatoms. The number of likely N-dealkylation sites (tertiary alicyclic amines) is 1. The van der Waals surface area contributed by atoms with Crippen LogP contribution in [-0.2, 0) is 25.5 Å². The fourth-order valence-corrected chi connectivity index (χ4v) is 7.86. The Morgan fingerprint density at radius 2 is 1.74 bits per heavy atom. The van der Waals surface area contributed by atoms with Gasteiger partial charge in [0, 0.05) is 47.8 Å². The molecule has 3 aliphatic rings. The van der Waals surface area contributed by atoms with E-state index in [1.54, 1.807) is 18.3 Å². The lowest BCUT2D eigenvalue weighted by Crippen LogP contribution is -2.51. The van der Waals surface area contributed by atoms with Crippen LogP contribution in [0.15, 0.2) is 42.6 Å². The first kappa shape index (κ1) is 33.7. The number of nitrogens with one attached hydrogen (secondary N) is 2. The molecule has 3 heterocycles. The van der Waals surface area contributed by atoms with Gasteiger partial charge in [-0.15, -0.1) is 0 Å². The number of amides is 2. The molecule has 0 bridgehead atoms. The van der Waals surface area contributed by atoms with Crippen molar-refractivity contribution in [3.63, 3.8) is 0 Å². The number of nitrogens with zero attached hydrogens (tertiary/aromatic N) is 2. The lowest BCUT2D eigenvalue weighted by molar-refractivity contribution is -0.144. The Bertz CT molecular complexity index is 1610. The minimum atomic E-state index is -0.740. The minimum absolute atomic E-state index is 0.00899. The van der Waals surface area contributed by atoms with Gasteiger partial charge in [-0.05, 0) is 69.7 Å². The van der Waals surface area contributed by atoms with Gasteiger partial charge in [-0.25, -0.2) is 0 Å². The summed E-state index contributed by atoms with van der Waals surface area (Å²) in [6.07, 6.45) is 5.33. The Balaban J connectivity index is 1.14. The molecule has 10 nitrogen and oxygen atoms in total. The fraction of sp³-hybridized carbons (Fsp3) is 0.514. The van der Waals surface area contributed by atoms with E-state index in [0.29, 0.717) is 60.7 Å². The monoisotopic (exact) mass is 684 g/mol. The molecule has 0 radical (unpaired) electrons. The number of fused-ring (bicyclic) bond motifs is 1. The van der Waals surface area contributed by atoms with Gasteiger partial charge < -0.3 is 29.8 Å². The molecule has 0 spiro atoms. The predicted molar refractivity (Wildman–Crippen MR) is 181 cm³/mol. The zero-order valence-corrected chi connectivity index (χ0v) is 28.2. The van der Waals surface area contributed by atoms with Gasteiger partial charge in [-0.2, -0.15) is 0 Å². The standard InChI is InChI=1S/C35H42Cl2N4O6/c1-20-16-40(17-21(2)47-20)24-13-25(19-46-26-9-7-22(8-10-26)35(44)45)41(18-24)33(42)12-23-11-30(37)32(14-29(23)36)39-34(43)28-15-38-31-6-4-3-5-27(28)31/h3-6,11,14-15,20-22,24-26,38H,7-10,12-13,16-19H2,1-2H3,(H,39,43)(H,44,45)/t20-,21+,22?,24-,25-,26?/m0/s1.